The van der Waals surface area contributed by atoms with E-state index in [4.69, 9.17) is 0 Å². The first-order valence-corrected chi connectivity index (χ1v) is 9.33. The number of hydrogen-bond acceptors (Lipinski definition) is 2. The summed E-state index contributed by atoms with van der Waals surface area (Å²) in [5.41, 5.74) is 0. The predicted molar refractivity (Wildman–Crippen MR) is 86.2 cm³/mol. The molecule has 2 atom stereocenters. The lowest BCUT2D eigenvalue weighted by Crippen LogP contribution is -2.62. The second kappa shape index (κ2) is 7.47. The van der Waals surface area contributed by atoms with Crippen LogP contribution in [-0.2, 0) is 9.59 Å². The molecule has 0 bridgehead atoms. The summed E-state index contributed by atoms with van der Waals surface area (Å²) in [5, 5.41) is 6.00. The molecule has 2 saturated carbocycles. The first-order valence-electron chi connectivity index (χ1n) is 9.33. The van der Waals surface area contributed by atoms with Crippen molar-refractivity contribution >= 4 is 11.8 Å². The number of nitrogens with one attached hydrogen (secondary N) is 2. The Morgan fingerprint density at radius 1 is 0.636 bits per heavy atom. The van der Waals surface area contributed by atoms with Gasteiger partial charge in [-0.1, -0.05) is 64.2 Å². The molecule has 3 fully saturated rings. The van der Waals surface area contributed by atoms with Crippen LogP contribution in [0.2, 0.25) is 0 Å². The highest BCUT2D eigenvalue weighted by atomic mass is 16.2. The van der Waals surface area contributed by atoms with Gasteiger partial charge < -0.3 is 10.6 Å². The number of hydrogen-bond donors (Lipinski definition) is 2. The van der Waals surface area contributed by atoms with Crippen molar-refractivity contribution in [1.29, 1.82) is 0 Å². The highest BCUT2D eigenvalue weighted by Gasteiger charge is 2.36. The first-order chi connectivity index (χ1) is 10.7. The van der Waals surface area contributed by atoms with Crippen LogP contribution in [0.5, 0.6) is 0 Å². The highest BCUT2D eigenvalue weighted by Crippen LogP contribution is 2.30. The van der Waals surface area contributed by atoms with E-state index in [0.717, 1.165) is 12.8 Å². The van der Waals surface area contributed by atoms with Crippen molar-refractivity contribution in [1.82, 2.24) is 10.6 Å². The molecule has 22 heavy (non-hydrogen) atoms. The molecule has 2 amide bonds. The molecular weight excluding hydrogens is 276 g/mol. The maximum absolute atomic E-state index is 12.3. The van der Waals surface area contributed by atoms with Crippen molar-refractivity contribution in [2.24, 2.45) is 11.8 Å². The van der Waals surface area contributed by atoms with Crippen LogP contribution in [0.1, 0.15) is 77.0 Å². The van der Waals surface area contributed by atoms with Crippen molar-refractivity contribution in [3.63, 3.8) is 0 Å². The molecule has 0 radical (unpaired) electrons. The van der Waals surface area contributed by atoms with Gasteiger partial charge in [0.25, 0.3) is 0 Å². The average Bonchev–Trinajstić information content (AvgIpc) is 2.54. The minimum Gasteiger partial charge on any atom is -0.343 e. The maximum Gasteiger partial charge on any atom is 0.243 e. The number of rotatable bonds is 4. The Balaban J connectivity index is 1.49. The van der Waals surface area contributed by atoms with Gasteiger partial charge in [0.1, 0.15) is 12.1 Å². The second-order valence-corrected chi connectivity index (χ2v) is 7.60. The van der Waals surface area contributed by atoms with E-state index in [-0.39, 0.29) is 23.9 Å². The van der Waals surface area contributed by atoms with Crippen LogP contribution in [0, 0.1) is 11.8 Å². The van der Waals surface area contributed by atoms with Gasteiger partial charge in [0.05, 0.1) is 0 Å². The van der Waals surface area contributed by atoms with E-state index in [0.29, 0.717) is 11.8 Å². The van der Waals surface area contributed by atoms with Gasteiger partial charge in [0, 0.05) is 0 Å². The molecule has 124 valence electrons. The summed E-state index contributed by atoms with van der Waals surface area (Å²) >= 11 is 0. The molecular formula is C18H30N2O2. The Kier molecular flexibility index (Phi) is 5.37. The number of amides is 2. The van der Waals surface area contributed by atoms with Gasteiger partial charge >= 0.3 is 0 Å². The molecule has 0 aromatic rings. The molecule has 0 unspecified atom stereocenters. The van der Waals surface area contributed by atoms with Crippen molar-refractivity contribution in [2.75, 3.05) is 0 Å². The summed E-state index contributed by atoms with van der Waals surface area (Å²) in [4.78, 5) is 24.7. The Morgan fingerprint density at radius 3 is 1.36 bits per heavy atom. The van der Waals surface area contributed by atoms with Crippen LogP contribution < -0.4 is 10.6 Å². The molecule has 4 nitrogen and oxygen atoms in total. The molecule has 1 saturated heterocycles. The van der Waals surface area contributed by atoms with Gasteiger partial charge in [-0.25, -0.2) is 0 Å². The van der Waals surface area contributed by atoms with E-state index >= 15 is 0 Å². The molecule has 0 spiro atoms. The van der Waals surface area contributed by atoms with E-state index in [1.807, 2.05) is 0 Å². The van der Waals surface area contributed by atoms with Crippen molar-refractivity contribution in [2.45, 2.75) is 89.1 Å². The fraction of sp³-hybridized carbons (Fsp3) is 0.889. The van der Waals surface area contributed by atoms with Crippen LogP contribution in [0.25, 0.3) is 0 Å². The van der Waals surface area contributed by atoms with E-state index < -0.39 is 0 Å². The van der Waals surface area contributed by atoms with Crippen LogP contribution in [-0.4, -0.2) is 23.9 Å². The molecule has 3 rings (SSSR count). The standard InChI is InChI=1S/C18H30N2O2/c21-17-15(11-13-7-3-1-4-8-13)19-18(22)16(20-17)12-14-9-5-2-6-10-14/h13-16H,1-12H2,(H,19,22)(H,20,21)/t15-,16-/m0/s1. The summed E-state index contributed by atoms with van der Waals surface area (Å²) < 4.78 is 0. The van der Waals surface area contributed by atoms with Gasteiger partial charge in [0.15, 0.2) is 0 Å². The van der Waals surface area contributed by atoms with Gasteiger partial charge in [-0.15, -0.1) is 0 Å². The Labute approximate surface area is 133 Å². The molecule has 4 heteroatoms. The lowest BCUT2D eigenvalue weighted by atomic mass is 9.82. The quantitative estimate of drug-likeness (QED) is 0.839. The Morgan fingerprint density at radius 2 is 1.00 bits per heavy atom. The average molecular weight is 306 g/mol. The summed E-state index contributed by atoms with van der Waals surface area (Å²) in [6, 6.07) is -0.587. The van der Waals surface area contributed by atoms with Crippen molar-refractivity contribution in [3.05, 3.63) is 0 Å². The minimum absolute atomic E-state index is 0.0472. The fourth-order valence-electron chi connectivity index (χ4n) is 4.52. The zero-order valence-corrected chi connectivity index (χ0v) is 13.6. The minimum atomic E-state index is -0.293. The molecule has 2 aliphatic carbocycles. The van der Waals surface area contributed by atoms with Gasteiger partial charge in [0.2, 0.25) is 11.8 Å². The molecule has 0 aromatic carbocycles. The van der Waals surface area contributed by atoms with Gasteiger partial charge in [-0.2, -0.15) is 0 Å². The topological polar surface area (TPSA) is 58.2 Å². The smallest absolute Gasteiger partial charge is 0.243 e. The van der Waals surface area contributed by atoms with Gasteiger partial charge in [-0.05, 0) is 24.7 Å². The molecule has 0 aromatic heterocycles. The monoisotopic (exact) mass is 306 g/mol. The summed E-state index contributed by atoms with van der Waals surface area (Å²) in [5.74, 6) is 1.32. The number of piperazine rings is 1. The van der Waals surface area contributed by atoms with E-state index in [1.165, 1.54) is 64.2 Å². The van der Waals surface area contributed by atoms with E-state index in [9.17, 15) is 9.59 Å². The summed E-state index contributed by atoms with van der Waals surface area (Å²) in [6.07, 6.45) is 14.3. The third kappa shape index (κ3) is 4.02. The summed E-state index contributed by atoms with van der Waals surface area (Å²) in [7, 11) is 0. The molecule has 2 N–H and O–H groups in total. The highest BCUT2D eigenvalue weighted by molar-refractivity contribution is 5.96. The first kappa shape index (κ1) is 15.8. The van der Waals surface area contributed by atoms with Gasteiger partial charge in [-0.3, -0.25) is 9.59 Å². The third-order valence-electron chi connectivity index (χ3n) is 5.85. The third-order valence-corrected chi connectivity index (χ3v) is 5.85. The largest absolute Gasteiger partial charge is 0.343 e. The van der Waals surface area contributed by atoms with Crippen LogP contribution in [0.4, 0.5) is 0 Å². The zero-order chi connectivity index (χ0) is 15.4. The van der Waals surface area contributed by atoms with E-state index in [2.05, 4.69) is 10.6 Å². The normalized spacial score (nSPS) is 31.6. The van der Waals surface area contributed by atoms with Crippen molar-refractivity contribution in [3.8, 4) is 0 Å². The molecule has 1 heterocycles. The SMILES string of the molecule is O=C1N[C@@H](CC2CCCCC2)C(=O)N[C@H]1CC1CCCCC1. The summed E-state index contributed by atoms with van der Waals surface area (Å²) in [6.45, 7) is 0. The lowest BCUT2D eigenvalue weighted by Gasteiger charge is -2.34. The van der Waals surface area contributed by atoms with Crippen molar-refractivity contribution < 1.29 is 9.59 Å². The number of carbonyl (C=O) groups is 2. The predicted octanol–water partition coefficient (Wildman–Crippen LogP) is 2.91. The molecule has 3 aliphatic rings. The van der Waals surface area contributed by atoms with Crippen LogP contribution >= 0.6 is 0 Å². The Bertz CT molecular complexity index is 360. The Hall–Kier alpha value is -1.06. The van der Waals surface area contributed by atoms with Crippen LogP contribution in [0.3, 0.4) is 0 Å². The fourth-order valence-corrected chi connectivity index (χ4v) is 4.52. The zero-order valence-electron chi connectivity index (χ0n) is 13.6. The maximum atomic E-state index is 12.3. The van der Waals surface area contributed by atoms with Crippen LogP contribution in [0.15, 0.2) is 0 Å². The second-order valence-electron chi connectivity index (χ2n) is 7.60. The lowest BCUT2D eigenvalue weighted by molar-refractivity contribution is -0.137. The molecule has 1 aliphatic heterocycles. The number of carbonyl (C=O) groups excluding carboxylic acids is 2. The van der Waals surface area contributed by atoms with E-state index in [1.54, 1.807) is 0 Å².